The number of methoxy groups -OCH3 is 1. The highest BCUT2D eigenvalue weighted by Gasteiger charge is 2.32. The van der Waals surface area contributed by atoms with Gasteiger partial charge in [-0.05, 0) is 54.6 Å². The van der Waals surface area contributed by atoms with Crippen molar-refractivity contribution in [3.63, 3.8) is 0 Å². The first-order valence-electron chi connectivity index (χ1n) is 8.08. The normalized spacial score (nSPS) is 11.1. The zero-order valence-corrected chi connectivity index (χ0v) is 17.0. The van der Waals surface area contributed by atoms with Gasteiger partial charge in [-0.3, -0.25) is 4.79 Å². The SMILES string of the molecule is COc1ccc(N(C(=O)c2ccc(Cl)cc2)S(=O)(=O)c2ccccc2)cc1Cl. The first-order valence-corrected chi connectivity index (χ1v) is 10.3. The van der Waals surface area contributed by atoms with Crippen LogP contribution in [-0.2, 0) is 10.0 Å². The van der Waals surface area contributed by atoms with Gasteiger partial charge < -0.3 is 4.74 Å². The van der Waals surface area contributed by atoms with Gasteiger partial charge in [-0.15, -0.1) is 0 Å². The molecule has 0 saturated heterocycles. The highest BCUT2D eigenvalue weighted by atomic mass is 35.5. The van der Waals surface area contributed by atoms with E-state index in [-0.39, 0.29) is 21.2 Å². The van der Waals surface area contributed by atoms with E-state index < -0.39 is 15.9 Å². The predicted molar refractivity (Wildman–Crippen MR) is 110 cm³/mol. The molecule has 0 aliphatic heterocycles. The summed E-state index contributed by atoms with van der Waals surface area (Å²) in [4.78, 5) is 13.1. The second-order valence-corrected chi connectivity index (χ2v) is 8.34. The monoisotopic (exact) mass is 435 g/mol. The second-order valence-electron chi connectivity index (χ2n) is 5.71. The fraction of sp³-hybridized carbons (Fsp3) is 0.0500. The number of hydrogen-bond donors (Lipinski definition) is 0. The maximum absolute atomic E-state index is 13.3. The molecule has 8 heteroatoms. The van der Waals surface area contributed by atoms with E-state index in [1.807, 2.05) is 0 Å². The van der Waals surface area contributed by atoms with Gasteiger partial charge in [0.2, 0.25) is 0 Å². The number of halogens is 2. The molecule has 3 aromatic rings. The van der Waals surface area contributed by atoms with Crippen LogP contribution in [0.15, 0.2) is 77.7 Å². The lowest BCUT2D eigenvalue weighted by Gasteiger charge is -2.23. The summed E-state index contributed by atoms with van der Waals surface area (Å²) in [5.74, 6) is -0.372. The van der Waals surface area contributed by atoms with E-state index in [1.165, 1.54) is 61.7 Å². The van der Waals surface area contributed by atoms with Crippen molar-refractivity contribution in [1.29, 1.82) is 0 Å². The van der Waals surface area contributed by atoms with Crippen LogP contribution in [0.25, 0.3) is 0 Å². The molecule has 0 atom stereocenters. The molecule has 5 nitrogen and oxygen atoms in total. The Kier molecular flexibility index (Phi) is 5.93. The van der Waals surface area contributed by atoms with Crippen LogP contribution in [0, 0.1) is 0 Å². The summed E-state index contributed by atoms with van der Waals surface area (Å²) in [6.45, 7) is 0. The standard InChI is InChI=1S/C20H15Cl2NO4S/c1-27-19-12-11-16(13-18(19)22)23(20(24)14-7-9-15(21)10-8-14)28(25,26)17-5-3-2-4-6-17/h2-13H,1H3. The lowest BCUT2D eigenvalue weighted by molar-refractivity contribution is 0.101. The van der Waals surface area contributed by atoms with Crippen molar-refractivity contribution < 1.29 is 17.9 Å². The maximum Gasteiger partial charge on any atom is 0.272 e. The van der Waals surface area contributed by atoms with Crippen molar-refractivity contribution in [2.24, 2.45) is 0 Å². The Morgan fingerprint density at radius 2 is 1.57 bits per heavy atom. The van der Waals surface area contributed by atoms with Crippen LogP contribution in [-0.4, -0.2) is 21.4 Å². The molecule has 0 aromatic heterocycles. The fourth-order valence-corrected chi connectivity index (χ4v) is 4.36. The number of hydrogen-bond acceptors (Lipinski definition) is 4. The Bertz CT molecular complexity index is 1100. The maximum atomic E-state index is 13.3. The molecule has 0 unspecified atom stereocenters. The summed E-state index contributed by atoms with van der Waals surface area (Å²) < 4.78 is 32.4. The number of carbonyl (C=O) groups excluding carboxylic acids is 1. The first-order chi connectivity index (χ1) is 13.3. The molecule has 0 aliphatic rings. The molecular weight excluding hydrogens is 421 g/mol. The van der Waals surface area contributed by atoms with Crippen molar-refractivity contribution in [1.82, 2.24) is 0 Å². The molecule has 0 spiro atoms. The van der Waals surface area contributed by atoms with Crippen LogP contribution in [0.3, 0.4) is 0 Å². The van der Waals surface area contributed by atoms with Gasteiger partial charge in [-0.1, -0.05) is 41.4 Å². The fourth-order valence-electron chi connectivity index (χ4n) is 2.55. The molecule has 0 fully saturated rings. The zero-order chi connectivity index (χ0) is 20.3. The molecule has 0 aliphatic carbocycles. The molecule has 0 N–H and O–H groups in total. The lowest BCUT2D eigenvalue weighted by Crippen LogP contribution is -2.37. The minimum absolute atomic E-state index is 0.0238. The third-order valence-electron chi connectivity index (χ3n) is 3.93. The molecule has 144 valence electrons. The first kappa shape index (κ1) is 20.2. The number of benzene rings is 3. The molecule has 0 bridgehead atoms. The number of nitrogens with zero attached hydrogens (tertiary/aromatic N) is 1. The van der Waals surface area contributed by atoms with Crippen molar-refractivity contribution >= 4 is 44.8 Å². The lowest BCUT2D eigenvalue weighted by atomic mass is 10.2. The zero-order valence-electron chi connectivity index (χ0n) is 14.7. The van der Waals surface area contributed by atoms with Crippen LogP contribution in [0.2, 0.25) is 10.0 Å². The summed E-state index contributed by atoms with van der Waals surface area (Å²) in [5.41, 5.74) is 0.255. The molecular formula is C20H15Cl2NO4S. The van der Waals surface area contributed by atoms with Crippen LogP contribution >= 0.6 is 23.2 Å². The highest BCUT2D eigenvalue weighted by Crippen LogP contribution is 2.33. The van der Waals surface area contributed by atoms with Crippen molar-refractivity contribution in [3.8, 4) is 5.75 Å². The van der Waals surface area contributed by atoms with E-state index in [1.54, 1.807) is 18.2 Å². The number of sulfonamides is 1. The van der Waals surface area contributed by atoms with Gasteiger partial charge in [0.15, 0.2) is 0 Å². The number of amides is 1. The molecule has 28 heavy (non-hydrogen) atoms. The summed E-state index contributed by atoms with van der Waals surface area (Å²) in [7, 11) is -2.75. The van der Waals surface area contributed by atoms with Crippen LogP contribution in [0.1, 0.15) is 10.4 Å². The van der Waals surface area contributed by atoms with Gasteiger partial charge in [0.05, 0.1) is 22.7 Å². The summed E-state index contributed by atoms with van der Waals surface area (Å²) >= 11 is 12.0. The van der Waals surface area contributed by atoms with Crippen LogP contribution in [0.4, 0.5) is 5.69 Å². The van der Waals surface area contributed by atoms with Gasteiger partial charge in [-0.25, -0.2) is 8.42 Å². The molecule has 3 aromatic carbocycles. The van der Waals surface area contributed by atoms with Crippen molar-refractivity contribution in [3.05, 3.63) is 88.4 Å². The van der Waals surface area contributed by atoms with Crippen LogP contribution < -0.4 is 9.04 Å². The van der Waals surface area contributed by atoms with Gasteiger partial charge in [0, 0.05) is 10.6 Å². The van der Waals surface area contributed by atoms with E-state index in [0.717, 1.165) is 4.31 Å². The van der Waals surface area contributed by atoms with Gasteiger partial charge in [0.25, 0.3) is 15.9 Å². The topological polar surface area (TPSA) is 63.7 Å². The largest absolute Gasteiger partial charge is 0.495 e. The molecule has 3 rings (SSSR count). The second kappa shape index (κ2) is 8.22. The summed E-state index contributed by atoms with van der Waals surface area (Å²) in [6.07, 6.45) is 0. The average Bonchev–Trinajstić information content (AvgIpc) is 2.69. The summed E-state index contributed by atoms with van der Waals surface area (Å²) in [6, 6.07) is 18.0. The minimum atomic E-state index is -4.20. The Morgan fingerprint density at radius 3 is 2.14 bits per heavy atom. The predicted octanol–water partition coefficient (Wildman–Crippen LogP) is 5.04. The Labute approximate surface area is 173 Å². The summed E-state index contributed by atoms with van der Waals surface area (Å²) in [5, 5.41) is 0.610. The van der Waals surface area contributed by atoms with Gasteiger partial charge in [0.1, 0.15) is 5.75 Å². The average molecular weight is 436 g/mol. The highest BCUT2D eigenvalue weighted by molar-refractivity contribution is 7.93. The number of anilines is 1. The van der Waals surface area contributed by atoms with Gasteiger partial charge >= 0.3 is 0 Å². The van der Waals surface area contributed by atoms with E-state index in [4.69, 9.17) is 27.9 Å². The third kappa shape index (κ3) is 3.99. The quantitative estimate of drug-likeness (QED) is 0.562. The van der Waals surface area contributed by atoms with E-state index in [0.29, 0.717) is 10.8 Å². The number of carbonyl (C=O) groups is 1. The number of ether oxygens (including phenoxy) is 1. The molecule has 0 radical (unpaired) electrons. The van der Waals surface area contributed by atoms with Gasteiger partial charge in [-0.2, -0.15) is 4.31 Å². The molecule has 1 amide bonds. The van der Waals surface area contributed by atoms with E-state index in [2.05, 4.69) is 0 Å². The molecule has 0 saturated carbocycles. The minimum Gasteiger partial charge on any atom is -0.495 e. The van der Waals surface area contributed by atoms with E-state index in [9.17, 15) is 13.2 Å². The Morgan fingerprint density at radius 1 is 0.929 bits per heavy atom. The Balaban J connectivity index is 2.18. The van der Waals surface area contributed by atoms with Crippen LogP contribution in [0.5, 0.6) is 5.75 Å². The van der Waals surface area contributed by atoms with Crippen molar-refractivity contribution in [2.75, 3.05) is 11.4 Å². The number of rotatable bonds is 5. The van der Waals surface area contributed by atoms with Crippen molar-refractivity contribution in [2.45, 2.75) is 4.90 Å². The Hall–Kier alpha value is -2.54. The smallest absolute Gasteiger partial charge is 0.272 e. The molecule has 0 heterocycles. The third-order valence-corrected chi connectivity index (χ3v) is 6.20. The van der Waals surface area contributed by atoms with E-state index >= 15 is 0 Å².